The van der Waals surface area contributed by atoms with Gasteiger partial charge < -0.3 is 5.11 Å². The first-order valence-electron chi connectivity index (χ1n) is 6.74. The van der Waals surface area contributed by atoms with Crippen LogP contribution < -0.4 is 0 Å². The van der Waals surface area contributed by atoms with Gasteiger partial charge in [0, 0.05) is 17.3 Å². The van der Waals surface area contributed by atoms with Crippen LogP contribution in [0.5, 0.6) is 0 Å². The molecule has 3 rings (SSSR count). The van der Waals surface area contributed by atoms with E-state index in [1.165, 1.54) is 12.1 Å². The fraction of sp³-hybridized carbons (Fsp3) is 0.118. The van der Waals surface area contributed by atoms with Crippen molar-refractivity contribution < 1.29 is 9.50 Å². The van der Waals surface area contributed by atoms with E-state index in [1.54, 1.807) is 29.9 Å². The first-order chi connectivity index (χ1) is 10.1. The summed E-state index contributed by atoms with van der Waals surface area (Å²) in [6, 6.07) is 15.8. The topological polar surface area (TPSA) is 38.0 Å². The van der Waals surface area contributed by atoms with Gasteiger partial charge in [0.25, 0.3) is 0 Å². The van der Waals surface area contributed by atoms with Gasteiger partial charge in [-0.15, -0.1) is 0 Å². The van der Waals surface area contributed by atoms with Crippen molar-refractivity contribution in [3.8, 4) is 16.9 Å². The SMILES string of the molecule is C[C@H](O)c1cn(-c2ccccc2)nc1-c1ccc(F)cc1. The number of rotatable bonds is 3. The number of nitrogens with zero attached hydrogens (tertiary/aromatic N) is 2. The second-order valence-corrected chi connectivity index (χ2v) is 4.90. The molecule has 106 valence electrons. The molecule has 2 aromatic carbocycles. The highest BCUT2D eigenvalue weighted by atomic mass is 19.1. The van der Waals surface area contributed by atoms with E-state index < -0.39 is 6.10 Å². The Morgan fingerprint density at radius 3 is 2.33 bits per heavy atom. The summed E-state index contributed by atoms with van der Waals surface area (Å²) in [7, 11) is 0. The second kappa shape index (κ2) is 5.50. The zero-order valence-corrected chi connectivity index (χ0v) is 11.6. The highest BCUT2D eigenvalue weighted by molar-refractivity contribution is 5.63. The van der Waals surface area contributed by atoms with Crippen LogP contribution in [-0.4, -0.2) is 14.9 Å². The van der Waals surface area contributed by atoms with Crippen LogP contribution in [0.4, 0.5) is 4.39 Å². The zero-order valence-electron chi connectivity index (χ0n) is 11.6. The fourth-order valence-corrected chi connectivity index (χ4v) is 2.24. The lowest BCUT2D eigenvalue weighted by molar-refractivity contribution is 0.200. The van der Waals surface area contributed by atoms with E-state index in [0.717, 1.165) is 11.3 Å². The third kappa shape index (κ3) is 2.71. The summed E-state index contributed by atoms with van der Waals surface area (Å²) in [6.45, 7) is 1.69. The molecule has 0 aliphatic rings. The predicted molar refractivity (Wildman–Crippen MR) is 79.6 cm³/mol. The van der Waals surface area contributed by atoms with Crippen LogP contribution in [0.15, 0.2) is 60.8 Å². The second-order valence-electron chi connectivity index (χ2n) is 4.90. The molecule has 3 nitrogen and oxygen atoms in total. The minimum atomic E-state index is -0.650. The Morgan fingerprint density at radius 2 is 1.71 bits per heavy atom. The van der Waals surface area contributed by atoms with Crippen molar-refractivity contribution in [1.29, 1.82) is 0 Å². The molecule has 0 amide bonds. The normalized spacial score (nSPS) is 12.3. The molecule has 0 bridgehead atoms. The monoisotopic (exact) mass is 282 g/mol. The molecule has 3 aromatic rings. The van der Waals surface area contributed by atoms with Crippen LogP contribution in [0.1, 0.15) is 18.6 Å². The van der Waals surface area contributed by atoms with Crippen molar-refractivity contribution in [2.75, 3.05) is 0 Å². The third-order valence-corrected chi connectivity index (χ3v) is 3.33. The number of halogens is 1. The molecule has 0 saturated carbocycles. The molecule has 1 aromatic heterocycles. The number of para-hydroxylation sites is 1. The van der Waals surface area contributed by atoms with E-state index in [0.29, 0.717) is 11.3 Å². The van der Waals surface area contributed by atoms with E-state index in [1.807, 2.05) is 30.3 Å². The Labute approximate surface area is 122 Å². The average Bonchev–Trinajstić information content (AvgIpc) is 2.94. The Morgan fingerprint density at radius 1 is 1.05 bits per heavy atom. The van der Waals surface area contributed by atoms with Gasteiger partial charge in [-0.2, -0.15) is 5.10 Å². The summed E-state index contributed by atoms with van der Waals surface area (Å²) < 4.78 is 14.8. The van der Waals surface area contributed by atoms with Crippen molar-refractivity contribution in [1.82, 2.24) is 9.78 Å². The number of hydrogen-bond donors (Lipinski definition) is 1. The van der Waals surface area contributed by atoms with Crippen molar-refractivity contribution >= 4 is 0 Å². The van der Waals surface area contributed by atoms with Gasteiger partial charge in [0.2, 0.25) is 0 Å². The molecule has 1 heterocycles. The summed E-state index contributed by atoms with van der Waals surface area (Å²) >= 11 is 0. The van der Waals surface area contributed by atoms with Crippen LogP contribution in [0.25, 0.3) is 16.9 Å². The average molecular weight is 282 g/mol. The van der Waals surface area contributed by atoms with E-state index in [9.17, 15) is 9.50 Å². The molecule has 1 N–H and O–H groups in total. The molecule has 0 spiro atoms. The minimum Gasteiger partial charge on any atom is -0.389 e. The van der Waals surface area contributed by atoms with Gasteiger partial charge in [0.15, 0.2) is 0 Å². The van der Waals surface area contributed by atoms with Crippen LogP contribution in [0, 0.1) is 5.82 Å². The number of aliphatic hydroxyl groups excluding tert-OH is 1. The standard InChI is InChI=1S/C17H15FN2O/c1-12(21)16-11-20(15-5-3-2-4-6-15)19-17(16)13-7-9-14(18)10-8-13/h2-12,21H,1H3/t12-/m0/s1. The van der Waals surface area contributed by atoms with Crippen LogP contribution in [0.2, 0.25) is 0 Å². The van der Waals surface area contributed by atoms with E-state index in [-0.39, 0.29) is 5.82 Å². The van der Waals surface area contributed by atoms with Gasteiger partial charge in [0.1, 0.15) is 5.82 Å². The van der Waals surface area contributed by atoms with E-state index >= 15 is 0 Å². The molecular weight excluding hydrogens is 267 g/mol. The number of hydrogen-bond acceptors (Lipinski definition) is 2. The van der Waals surface area contributed by atoms with Crippen molar-refractivity contribution in [3.05, 3.63) is 72.2 Å². The lowest BCUT2D eigenvalue weighted by Gasteiger charge is -2.04. The van der Waals surface area contributed by atoms with Gasteiger partial charge >= 0.3 is 0 Å². The zero-order chi connectivity index (χ0) is 14.8. The quantitative estimate of drug-likeness (QED) is 0.795. The molecule has 21 heavy (non-hydrogen) atoms. The molecule has 0 radical (unpaired) electrons. The first kappa shape index (κ1) is 13.5. The first-order valence-corrected chi connectivity index (χ1v) is 6.74. The third-order valence-electron chi connectivity index (χ3n) is 3.33. The van der Waals surface area contributed by atoms with Crippen LogP contribution in [-0.2, 0) is 0 Å². The molecular formula is C17H15FN2O. The Kier molecular flexibility index (Phi) is 3.54. The fourth-order valence-electron chi connectivity index (χ4n) is 2.24. The number of benzene rings is 2. The van der Waals surface area contributed by atoms with Gasteiger partial charge in [0.05, 0.1) is 17.5 Å². The number of aliphatic hydroxyl groups is 1. The smallest absolute Gasteiger partial charge is 0.123 e. The van der Waals surface area contributed by atoms with Crippen molar-refractivity contribution in [3.63, 3.8) is 0 Å². The van der Waals surface area contributed by atoms with Crippen LogP contribution in [0.3, 0.4) is 0 Å². The maximum absolute atomic E-state index is 13.1. The highest BCUT2D eigenvalue weighted by Crippen LogP contribution is 2.28. The van der Waals surface area contributed by atoms with Gasteiger partial charge in [-0.3, -0.25) is 0 Å². The molecule has 0 saturated heterocycles. The summed E-state index contributed by atoms with van der Waals surface area (Å²) in [5.74, 6) is -0.292. The summed E-state index contributed by atoms with van der Waals surface area (Å²) in [5.41, 5.74) is 3.06. The van der Waals surface area contributed by atoms with Gasteiger partial charge in [-0.25, -0.2) is 9.07 Å². The molecule has 0 aliphatic carbocycles. The number of aromatic nitrogens is 2. The molecule has 0 fully saturated rings. The molecule has 4 heteroatoms. The van der Waals surface area contributed by atoms with Gasteiger partial charge in [-0.1, -0.05) is 18.2 Å². The maximum atomic E-state index is 13.1. The van der Waals surface area contributed by atoms with Crippen molar-refractivity contribution in [2.45, 2.75) is 13.0 Å². The molecule has 1 atom stereocenters. The Balaban J connectivity index is 2.11. The van der Waals surface area contributed by atoms with Gasteiger partial charge in [-0.05, 0) is 43.3 Å². The van der Waals surface area contributed by atoms with Crippen LogP contribution >= 0.6 is 0 Å². The lowest BCUT2D eigenvalue weighted by Crippen LogP contribution is -1.94. The molecule has 0 aliphatic heterocycles. The Bertz CT molecular complexity index is 733. The van der Waals surface area contributed by atoms with E-state index in [2.05, 4.69) is 5.10 Å². The Hall–Kier alpha value is -2.46. The molecule has 0 unspecified atom stereocenters. The predicted octanol–water partition coefficient (Wildman–Crippen LogP) is 3.73. The summed E-state index contributed by atoms with van der Waals surface area (Å²) in [4.78, 5) is 0. The van der Waals surface area contributed by atoms with E-state index in [4.69, 9.17) is 0 Å². The summed E-state index contributed by atoms with van der Waals surface area (Å²) in [5, 5.41) is 14.5. The summed E-state index contributed by atoms with van der Waals surface area (Å²) in [6.07, 6.45) is 1.15. The maximum Gasteiger partial charge on any atom is 0.123 e. The van der Waals surface area contributed by atoms with Crippen molar-refractivity contribution in [2.24, 2.45) is 0 Å². The largest absolute Gasteiger partial charge is 0.389 e. The minimum absolute atomic E-state index is 0.292. The highest BCUT2D eigenvalue weighted by Gasteiger charge is 2.15. The lowest BCUT2D eigenvalue weighted by atomic mass is 10.1.